The SMILES string of the molecule is COc1c(C)ccc2c1N=C(NC(C)=O)N1CCN=C21. The van der Waals surface area contributed by atoms with Gasteiger partial charge in [0.2, 0.25) is 11.9 Å². The number of carbonyl (C=O) groups is 1. The van der Waals surface area contributed by atoms with Crippen molar-refractivity contribution in [3.63, 3.8) is 0 Å². The summed E-state index contributed by atoms with van der Waals surface area (Å²) in [5.74, 6) is 1.94. The first-order chi connectivity index (χ1) is 9.61. The highest BCUT2D eigenvalue weighted by molar-refractivity contribution is 6.18. The van der Waals surface area contributed by atoms with E-state index in [0.29, 0.717) is 12.5 Å². The molecule has 0 aromatic heterocycles. The molecule has 2 heterocycles. The molecule has 0 bridgehead atoms. The van der Waals surface area contributed by atoms with Gasteiger partial charge in [-0.2, -0.15) is 0 Å². The molecule has 20 heavy (non-hydrogen) atoms. The molecular weight excluding hydrogens is 256 g/mol. The first kappa shape index (κ1) is 12.7. The van der Waals surface area contributed by atoms with Crippen molar-refractivity contribution in [2.45, 2.75) is 13.8 Å². The number of guanidine groups is 1. The number of amidine groups is 1. The maximum atomic E-state index is 11.3. The van der Waals surface area contributed by atoms with Crippen LogP contribution in [0.5, 0.6) is 5.75 Å². The van der Waals surface area contributed by atoms with Crippen LogP contribution in [0.25, 0.3) is 0 Å². The summed E-state index contributed by atoms with van der Waals surface area (Å²) in [6.45, 7) is 4.86. The van der Waals surface area contributed by atoms with Crippen LogP contribution >= 0.6 is 0 Å². The van der Waals surface area contributed by atoms with E-state index in [1.54, 1.807) is 7.11 Å². The summed E-state index contributed by atoms with van der Waals surface area (Å²) in [5.41, 5.74) is 2.68. The first-order valence-corrected chi connectivity index (χ1v) is 6.48. The van der Waals surface area contributed by atoms with Gasteiger partial charge in [0.05, 0.1) is 13.7 Å². The normalized spacial score (nSPS) is 16.1. The number of ether oxygens (including phenoxy) is 1. The Labute approximate surface area is 117 Å². The molecule has 0 saturated heterocycles. The van der Waals surface area contributed by atoms with Crippen molar-refractivity contribution in [2.75, 3.05) is 20.2 Å². The van der Waals surface area contributed by atoms with Gasteiger partial charge in [0.1, 0.15) is 17.3 Å². The highest BCUT2D eigenvalue weighted by atomic mass is 16.5. The molecule has 0 unspecified atom stereocenters. The molecule has 0 spiro atoms. The van der Waals surface area contributed by atoms with Crippen LogP contribution in [0.1, 0.15) is 18.1 Å². The minimum absolute atomic E-state index is 0.148. The lowest BCUT2D eigenvalue weighted by molar-refractivity contribution is -0.117. The zero-order valence-corrected chi connectivity index (χ0v) is 11.7. The number of methoxy groups -OCH3 is 1. The molecule has 1 amide bonds. The second kappa shape index (κ2) is 4.63. The minimum atomic E-state index is -0.148. The molecule has 0 aliphatic carbocycles. The Morgan fingerprint density at radius 2 is 2.25 bits per heavy atom. The van der Waals surface area contributed by atoms with E-state index in [2.05, 4.69) is 15.3 Å². The molecule has 6 heteroatoms. The molecule has 1 N–H and O–H groups in total. The topological polar surface area (TPSA) is 66.3 Å². The van der Waals surface area contributed by atoms with Crippen LogP contribution in [0.3, 0.4) is 0 Å². The summed E-state index contributed by atoms with van der Waals surface area (Å²) in [7, 11) is 1.62. The van der Waals surface area contributed by atoms with Crippen LogP contribution < -0.4 is 10.1 Å². The van der Waals surface area contributed by atoms with Gasteiger partial charge in [-0.3, -0.25) is 20.0 Å². The number of aliphatic imine (C=N–C) groups is 2. The average molecular weight is 272 g/mol. The number of nitrogens with one attached hydrogen (secondary N) is 1. The lowest BCUT2D eigenvalue weighted by atomic mass is 10.1. The Hall–Kier alpha value is -2.37. The summed E-state index contributed by atoms with van der Waals surface area (Å²) < 4.78 is 5.45. The Balaban J connectivity index is 2.20. The van der Waals surface area contributed by atoms with E-state index in [9.17, 15) is 4.79 Å². The lowest BCUT2D eigenvalue weighted by Gasteiger charge is -2.28. The van der Waals surface area contributed by atoms with Gasteiger partial charge < -0.3 is 4.74 Å². The third-order valence-electron chi connectivity index (χ3n) is 3.38. The highest BCUT2D eigenvalue weighted by Crippen LogP contribution is 2.38. The molecule has 2 aliphatic rings. The van der Waals surface area contributed by atoms with Gasteiger partial charge in [0, 0.05) is 19.0 Å². The molecule has 6 nitrogen and oxygen atoms in total. The van der Waals surface area contributed by atoms with Crippen molar-refractivity contribution in [2.24, 2.45) is 9.98 Å². The van der Waals surface area contributed by atoms with E-state index in [1.807, 2.05) is 24.0 Å². The molecule has 1 aromatic carbocycles. The Bertz CT molecular complexity index is 649. The van der Waals surface area contributed by atoms with Crippen LogP contribution in [0, 0.1) is 6.92 Å². The van der Waals surface area contributed by atoms with Crippen LogP contribution in [-0.2, 0) is 4.79 Å². The van der Waals surface area contributed by atoms with Gasteiger partial charge in [0.25, 0.3) is 0 Å². The molecule has 1 aromatic rings. The molecule has 0 atom stereocenters. The number of benzene rings is 1. The minimum Gasteiger partial charge on any atom is -0.494 e. The van der Waals surface area contributed by atoms with Crippen LogP contribution in [-0.4, -0.2) is 42.8 Å². The van der Waals surface area contributed by atoms with Crippen LogP contribution in [0.2, 0.25) is 0 Å². The Morgan fingerprint density at radius 3 is 2.95 bits per heavy atom. The van der Waals surface area contributed by atoms with Gasteiger partial charge in [-0.1, -0.05) is 6.07 Å². The molecular formula is C14H16N4O2. The third kappa shape index (κ3) is 1.84. The van der Waals surface area contributed by atoms with Gasteiger partial charge in [-0.15, -0.1) is 0 Å². The second-order valence-corrected chi connectivity index (χ2v) is 4.79. The van der Waals surface area contributed by atoms with Crippen molar-refractivity contribution in [3.05, 3.63) is 23.3 Å². The largest absolute Gasteiger partial charge is 0.494 e. The zero-order valence-electron chi connectivity index (χ0n) is 11.7. The molecule has 0 saturated carbocycles. The van der Waals surface area contributed by atoms with E-state index >= 15 is 0 Å². The zero-order chi connectivity index (χ0) is 14.3. The van der Waals surface area contributed by atoms with Crippen molar-refractivity contribution in [1.29, 1.82) is 0 Å². The number of nitrogens with zero attached hydrogens (tertiary/aromatic N) is 3. The smallest absolute Gasteiger partial charge is 0.223 e. The fourth-order valence-electron chi connectivity index (χ4n) is 2.52. The van der Waals surface area contributed by atoms with E-state index < -0.39 is 0 Å². The fraction of sp³-hybridized carbons (Fsp3) is 0.357. The predicted molar refractivity (Wildman–Crippen MR) is 76.8 cm³/mol. The summed E-state index contributed by atoms with van der Waals surface area (Å²) in [4.78, 5) is 22.4. The van der Waals surface area contributed by atoms with Gasteiger partial charge >= 0.3 is 0 Å². The van der Waals surface area contributed by atoms with Crippen LogP contribution in [0.15, 0.2) is 22.1 Å². The number of hydrogen-bond acceptors (Lipinski definition) is 5. The standard InChI is InChI=1S/C14H16N4O2/c1-8-4-5-10-11(12(8)20-3)17-14(16-9(2)19)18-7-6-15-13(10)18/h4-5H,6-7H2,1-3H3,(H,16,17,19). The molecule has 104 valence electrons. The molecule has 3 rings (SSSR count). The van der Waals surface area contributed by atoms with E-state index in [-0.39, 0.29) is 5.91 Å². The molecule has 2 aliphatic heterocycles. The van der Waals surface area contributed by atoms with E-state index in [1.165, 1.54) is 6.92 Å². The van der Waals surface area contributed by atoms with E-state index in [0.717, 1.165) is 34.9 Å². The number of fused-ring (bicyclic) bond motifs is 3. The maximum absolute atomic E-state index is 11.3. The molecule has 0 fully saturated rings. The quantitative estimate of drug-likeness (QED) is 0.835. The van der Waals surface area contributed by atoms with E-state index in [4.69, 9.17) is 4.74 Å². The van der Waals surface area contributed by atoms with Crippen LogP contribution in [0.4, 0.5) is 5.69 Å². The number of aryl methyl sites for hydroxylation is 1. The monoisotopic (exact) mass is 272 g/mol. The maximum Gasteiger partial charge on any atom is 0.223 e. The van der Waals surface area contributed by atoms with Crippen molar-refractivity contribution < 1.29 is 9.53 Å². The number of amides is 1. The predicted octanol–water partition coefficient (Wildman–Crippen LogP) is 1.20. The third-order valence-corrected chi connectivity index (χ3v) is 3.38. The summed E-state index contributed by atoms with van der Waals surface area (Å²) in [6, 6.07) is 3.99. The number of rotatable bonds is 1. The Morgan fingerprint density at radius 1 is 1.45 bits per heavy atom. The van der Waals surface area contributed by atoms with Crippen molar-refractivity contribution >= 4 is 23.4 Å². The Kier molecular flexibility index (Phi) is 2.93. The molecule has 0 radical (unpaired) electrons. The van der Waals surface area contributed by atoms with Crippen molar-refractivity contribution in [1.82, 2.24) is 10.2 Å². The first-order valence-electron chi connectivity index (χ1n) is 6.48. The van der Waals surface area contributed by atoms with Gasteiger partial charge in [-0.05, 0) is 18.6 Å². The average Bonchev–Trinajstić information content (AvgIpc) is 2.87. The summed E-state index contributed by atoms with van der Waals surface area (Å²) in [6.07, 6.45) is 0. The van der Waals surface area contributed by atoms with Crippen molar-refractivity contribution in [3.8, 4) is 5.75 Å². The summed E-state index contributed by atoms with van der Waals surface area (Å²) in [5, 5.41) is 2.77. The second-order valence-electron chi connectivity index (χ2n) is 4.79. The highest BCUT2D eigenvalue weighted by Gasteiger charge is 2.31. The number of carbonyl (C=O) groups excluding carboxylic acids is 1. The fourth-order valence-corrected chi connectivity index (χ4v) is 2.52. The number of hydrogen-bond donors (Lipinski definition) is 1. The van der Waals surface area contributed by atoms with Gasteiger partial charge in [-0.25, -0.2) is 4.99 Å². The summed E-state index contributed by atoms with van der Waals surface area (Å²) >= 11 is 0. The van der Waals surface area contributed by atoms with Gasteiger partial charge in [0.15, 0.2) is 0 Å². The lowest BCUT2D eigenvalue weighted by Crippen LogP contribution is -2.47.